The van der Waals surface area contributed by atoms with Gasteiger partial charge in [0.15, 0.2) is 0 Å². The van der Waals surface area contributed by atoms with Crippen molar-refractivity contribution in [2.75, 3.05) is 11.5 Å². The van der Waals surface area contributed by atoms with Crippen molar-refractivity contribution in [3.63, 3.8) is 0 Å². The number of rotatable bonds is 8. The largest absolute Gasteiger partial charge is 0.397 e. The molecule has 0 aliphatic rings. The summed E-state index contributed by atoms with van der Waals surface area (Å²) in [7, 11) is 2.05. The van der Waals surface area contributed by atoms with E-state index in [1.807, 2.05) is 7.05 Å². The van der Waals surface area contributed by atoms with Gasteiger partial charge in [0.05, 0.1) is 36.9 Å². The Balaban J connectivity index is 1.56. The molecule has 2 rings (SSSR count). The van der Waals surface area contributed by atoms with Crippen molar-refractivity contribution in [3.05, 3.63) is 36.7 Å². The van der Waals surface area contributed by atoms with E-state index in [1.165, 1.54) is 25.7 Å². The van der Waals surface area contributed by atoms with E-state index in [4.69, 9.17) is 11.5 Å². The Hall–Kier alpha value is -2.04. The van der Waals surface area contributed by atoms with Crippen molar-refractivity contribution in [3.8, 4) is 0 Å². The summed E-state index contributed by atoms with van der Waals surface area (Å²) in [6.07, 6.45) is 15.1. The number of aromatic nitrogens is 3. The van der Waals surface area contributed by atoms with Crippen LogP contribution in [0.5, 0.6) is 0 Å². The molecule has 2 aromatic heterocycles. The average Bonchev–Trinajstić information content (AvgIpc) is 2.85. The number of hydrogen-bond acceptors (Lipinski definition) is 3. The molecule has 2 aromatic rings. The summed E-state index contributed by atoms with van der Waals surface area (Å²) in [6.45, 7) is 1.10. The predicted molar refractivity (Wildman–Crippen MR) is 85.5 cm³/mol. The highest BCUT2D eigenvalue weighted by Gasteiger charge is 2.02. The van der Waals surface area contributed by atoms with Gasteiger partial charge >= 0.3 is 0 Å². The molecule has 2 heterocycles. The molecule has 0 unspecified atom stereocenters. The SMILES string of the molecule is C[n+]1ccn(CCCCCCCc2ncc(N)cc2N)c1. The Bertz CT molecular complexity index is 562. The van der Waals surface area contributed by atoms with E-state index in [-0.39, 0.29) is 0 Å². The van der Waals surface area contributed by atoms with Crippen LogP contribution in [0, 0.1) is 0 Å². The van der Waals surface area contributed by atoms with E-state index in [9.17, 15) is 0 Å². The molecule has 0 saturated heterocycles. The minimum Gasteiger partial charge on any atom is -0.397 e. The minimum atomic E-state index is 0.634. The zero-order valence-corrected chi connectivity index (χ0v) is 12.8. The number of nitrogens with zero attached hydrogens (tertiary/aromatic N) is 3. The summed E-state index contributed by atoms with van der Waals surface area (Å²) >= 11 is 0. The molecule has 0 bridgehead atoms. The van der Waals surface area contributed by atoms with Gasteiger partial charge in [0, 0.05) is 0 Å². The molecule has 114 valence electrons. The van der Waals surface area contributed by atoms with Crippen LogP contribution in [0.4, 0.5) is 11.4 Å². The second kappa shape index (κ2) is 7.67. The maximum atomic E-state index is 5.90. The molecule has 0 atom stereocenters. The van der Waals surface area contributed by atoms with Crippen molar-refractivity contribution < 1.29 is 4.57 Å². The van der Waals surface area contributed by atoms with E-state index in [0.717, 1.165) is 30.8 Å². The highest BCUT2D eigenvalue weighted by molar-refractivity contribution is 5.52. The van der Waals surface area contributed by atoms with E-state index in [1.54, 1.807) is 12.3 Å². The quantitative estimate of drug-likeness (QED) is 0.577. The lowest BCUT2D eigenvalue weighted by molar-refractivity contribution is -0.671. The van der Waals surface area contributed by atoms with Crippen LogP contribution in [-0.4, -0.2) is 9.55 Å². The van der Waals surface area contributed by atoms with Crippen LogP contribution in [0.25, 0.3) is 0 Å². The molecule has 0 saturated carbocycles. The molecule has 5 nitrogen and oxygen atoms in total. The summed E-state index contributed by atoms with van der Waals surface area (Å²) in [4.78, 5) is 4.30. The van der Waals surface area contributed by atoms with Gasteiger partial charge in [-0.25, -0.2) is 9.13 Å². The molecular formula is C16H26N5+. The number of anilines is 2. The van der Waals surface area contributed by atoms with Crippen molar-refractivity contribution in [1.29, 1.82) is 0 Å². The van der Waals surface area contributed by atoms with E-state index < -0.39 is 0 Å². The van der Waals surface area contributed by atoms with Gasteiger partial charge in [-0.2, -0.15) is 0 Å². The smallest absolute Gasteiger partial charge is 0.243 e. The lowest BCUT2D eigenvalue weighted by Crippen LogP contribution is -2.23. The number of pyridine rings is 1. The fourth-order valence-corrected chi connectivity index (χ4v) is 2.49. The summed E-state index contributed by atoms with van der Waals surface area (Å²) in [5, 5.41) is 0. The Labute approximate surface area is 126 Å². The van der Waals surface area contributed by atoms with Crippen molar-refractivity contribution >= 4 is 11.4 Å². The van der Waals surface area contributed by atoms with Crippen LogP contribution in [0.3, 0.4) is 0 Å². The lowest BCUT2D eigenvalue weighted by Gasteiger charge is -2.05. The molecule has 0 fully saturated rings. The molecule has 0 aromatic carbocycles. The Morgan fingerprint density at radius 1 is 1.14 bits per heavy atom. The third-order valence-electron chi connectivity index (χ3n) is 3.68. The van der Waals surface area contributed by atoms with Crippen LogP contribution in [0.15, 0.2) is 31.0 Å². The Morgan fingerprint density at radius 2 is 1.90 bits per heavy atom. The number of nitrogen functional groups attached to an aromatic ring is 2. The molecular weight excluding hydrogens is 262 g/mol. The van der Waals surface area contributed by atoms with Crippen LogP contribution in [0.2, 0.25) is 0 Å². The lowest BCUT2D eigenvalue weighted by atomic mass is 10.1. The first kappa shape index (κ1) is 15.4. The van der Waals surface area contributed by atoms with Gasteiger partial charge in [-0.3, -0.25) is 4.98 Å². The molecule has 4 N–H and O–H groups in total. The first-order chi connectivity index (χ1) is 10.1. The van der Waals surface area contributed by atoms with E-state index >= 15 is 0 Å². The third kappa shape index (κ3) is 5.10. The fourth-order valence-electron chi connectivity index (χ4n) is 2.49. The highest BCUT2D eigenvalue weighted by Crippen LogP contribution is 2.15. The van der Waals surface area contributed by atoms with Gasteiger partial charge in [0.2, 0.25) is 6.33 Å². The first-order valence-corrected chi connectivity index (χ1v) is 7.66. The van der Waals surface area contributed by atoms with Crippen LogP contribution >= 0.6 is 0 Å². The Morgan fingerprint density at radius 3 is 2.62 bits per heavy atom. The minimum absolute atomic E-state index is 0.634. The summed E-state index contributed by atoms with van der Waals surface area (Å²) < 4.78 is 4.31. The monoisotopic (exact) mass is 288 g/mol. The topological polar surface area (TPSA) is 73.7 Å². The number of imidazole rings is 1. The van der Waals surface area contributed by atoms with Crippen molar-refractivity contribution in [2.45, 2.75) is 45.1 Å². The second-order valence-electron chi connectivity index (χ2n) is 5.64. The van der Waals surface area contributed by atoms with Crippen molar-refractivity contribution in [1.82, 2.24) is 9.55 Å². The first-order valence-electron chi connectivity index (χ1n) is 7.66. The standard InChI is InChI=1S/C16H26N5/c1-20-9-10-21(13-20)8-6-4-2-3-5-7-16-15(18)11-14(17)12-19-16/h9-13H,2-8,17-18H2,1H3/q+1. The number of unbranched alkanes of at least 4 members (excludes halogenated alkanes) is 4. The maximum Gasteiger partial charge on any atom is 0.243 e. The maximum absolute atomic E-state index is 5.90. The highest BCUT2D eigenvalue weighted by atomic mass is 15.1. The number of hydrogen-bond donors (Lipinski definition) is 2. The number of nitrogens with two attached hydrogens (primary N) is 2. The van der Waals surface area contributed by atoms with Gasteiger partial charge in [0.1, 0.15) is 12.4 Å². The van der Waals surface area contributed by atoms with Gasteiger partial charge < -0.3 is 11.5 Å². The number of aryl methyl sites for hydroxylation is 3. The van der Waals surface area contributed by atoms with Crippen LogP contribution < -0.4 is 16.0 Å². The van der Waals surface area contributed by atoms with Gasteiger partial charge in [-0.1, -0.05) is 12.8 Å². The summed E-state index contributed by atoms with van der Waals surface area (Å²) in [6, 6.07) is 1.79. The molecule has 0 amide bonds. The molecule has 0 spiro atoms. The fraction of sp³-hybridized carbons (Fsp3) is 0.500. The van der Waals surface area contributed by atoms with Crippen LogP contribution in [-0.2, 0) is 20.0 Å². The molecule has 5 heteroatoms. The normalized spacial score (nSPS) is 10.9. The third-order valence-corrected chi connectivity index (χ3v) is 3.68. The zero-order chi connectivity index (χ0) is 15.1. The molecule has 21 heavy (non-hydrogen) atoms. The molecule has 0 radical (unpaired) electrons. The van der Waals surface area contributed by atoms with Gasteiger partial charge in [-0.05, 0) is 31.7 Å². The summed E-state index contributed by atoms with van der Waals surface area (Å²) in [5.41, 5.74) is 13.9. The second-order valence-corrected chi connectivity index (χ2v) is 5.64. The zero-order valence-electron chi connectivity index (χ0n) is 12.8. The van der Waals surface area contributed by atoms with E-state index in [0.29, 0.717) is 5.69 Å². The predicted octanol–water partition coefficient (Wildman–Crippen LogP) is 2.07. The van der Waals surface area contributed by atoms with Crippen molar-refractivity contribution in [2.24, 2.45) is 7.05 Å². The average molecular weight is 288 g/mol. The molecule has 0 aliphatic heterocycles. The van der Waals surface area contributed by atoms with Gasteiger partial charge in [0.25, 0.3) is 0 Å². The van der Waals surface area contributed by atoms with E-state index in [2.05, 4.69) is 32.8 Å². The van der Waals surface area contributed by atoms with Gasteiger partial charge in [-0.15, -0.1) is 0 Å². The molecule has 0 aliphatic carbocycles. The van der Waals surface area contributed by atoms with Crippen LogP contribution in [0.1, 0.15) is 37.8 Å². The Kier molecular flexibility index (Phi) is 5.60. The summed E-state index contributed by atoms with van der Waals surface area (Å²) in [5.74, 6) is 0.